The number of benzene rings is 2. The van der Waals surface area contributed by atoms with Gasteiger partial charge in [-0.25, -0.2) is 0 Å². The first-order valence-electron chi connectivity index (χ1n) is 8.44. The Balaban J connectivity index is 1.60. The predicted molar refractivity (Wildman–Crippen MR) is 103 cm³/mol. The number of amides is 2. The van der Waals surface area contributed by atoms with Crippen molar-refractivity contribution in [2.45, 2.75) is 19.5 Å². The van der Waals surface area contributed by atoms with Crippen LogP contribution in [0.2, 0.25) is 10.0 Å². The zero-order valence-corrected chi connectivity index (χ0v) is 16.0. The van der Waals surface area contributed by atoms with Gasteiger partial charge in [0, 0.05) is 33.1 Å². The fourth-order valence-corrected chi connectivity index (χ4v) is 3.52. The Morgan fingerprint density at radius 1 is 1.12 bits per heavy atom. The highest BCUT2D eigenvalue weighted by molar-refractivity contribution is 6.42. The van der Waals surface area contributed by atoms with Crippen molar-refractivity contribution in [2.24, 2.45) is 5.92 Å². The zero-order chi connectivity index (χ0) is 18.7. The smallest absolute Gasteiger partial charge is 0.228 e. The summed E-state index contributed by atoms with van der Waals surface area (Å²) in [6, 6.07) is 15.1. The average Bonchev–Trinajstić information content (AvgIpc) is 2.99. The van der Waals surface area contributed by atoms with Crippen LogP contribution in [0, 0.1) is 5.92 Å². The van der Waals surface area contributed by atoms with Crippen molar-refractivity contribution in [2.75, 3.05) is 13.6 Å². The summed E-state index contributed by atoms with van der Waals surface area (Å²) in [5.74, 6) is -0.311. The van der Waals surface area contributed by atoms with Crippen molar-refractivity contribution < 1.29 is 9.59 Å². The van der Waals surface area contributed by atoms with E-state index < -0.39 is 0 Å². The first-order chi connectivity index (χ1) is 12.4. The summed E-state index contributed by atoms with van der Waals surface area (Å²) >= 11 is 12.0. The van der Waals surface area contributed by atoms with E-state index in [1.165, 1.54) is 0 Å². The topological polar surface area (TPSA) is 40.6 Å². The molecule has 1 fully saturated rings. The molecule has 6 heteroatoms. The molecule has 3 rings (SSSR count). The van der Waals surface area contributed by atoms with E-state index in [1.54, 1.807) is 29.0 Å². The van der Waals surface area contributed by atoms with E-state index >= 15 is 0 Å². The second-order valence-corrected chi connectivity index (χ2v) is 7.42. The third kappa shape index (κ3) is 4.37. The van der Waals surface area contributed by atoms with Gasteiger partial charge in [0.15, 0.2) is 0 Å². The van der Waals surface area contributed by atoms with Gasteiger partial charge in [0.25, 0.3) is 0 Å². The molecule has 1 aliphatic rings. The predicted octanol–water partition coefficient (Wildman–Crippen LogP) is 4.00. The van der Waals surface area contributed by atoms with Crippen LogP contribution in [0.1, 0.15) is 17.5 Å². The summed E-state index contributed by atoms with van der Waals surface area (Å²) < 4.78 is 0. The lowest BCUT2D eigenvalue weighted by molar-refractivity contribution is -0.135. The highest BCUT2D eigenvalue weighted by Crippen LogP contribution is 2.25. The van der Waals surface area contributed by atoms with Gasteiger partial charge in [-0.15, -0.1) is 0 Å². The molecule has 1 heterocycles. The van der Waals surface area contributed by atoms with Crippen molar-refractivity contribution >= 4 is 35.0 Å². The highest BCUT2D eigenvalue weighted by Gasteiger charge is 2.35. The van der Waals surface area contributed by atoms with E-state index in [-0.39, 0.29) is 24.2 Å². The van der Waals surface area contributed by atoms with E-state index in [2.05, 4.69) is 0 Å². The van der Waals surface area contributed by atoms with Crippen LogP contribution in [0.25, 0.3) is 0 Å². The van der Waals surface area contributed by atoms with Crippen molar-refractivity contribution in [1.29, 1.82) is 0 Å². The van der Waals surface area contributed by atoms with Gasteiger partial charge in [-0.3, -0.25) is 9.59 Å². The standard InChI is InChI=1S/C20H20Cl2N2O2/c1-23(11-15-7-8-17(21)18(22)9-15)20(26)16-10-19(25)24(13-16)12-14-5-3-2-4-6-14/h2-9,16H,10-13H2,1H3. The molecule has 136 valence electrons. The van der Waals surface area contributed by atoms with Gasteiger partial charge < -0.3 is 9.80 Å². The molecule has 0 radical (unpaired) electrons. The lowest BCUT2D eigenvalue weighted by Crippen LogP contribution is -2.34. The van der Waals surface area contributed by atoms with Gasteiger partial charge in [0.1, 0.15) is 0 Å². The monoisotopic (exact) mass is 390 g/mol. The Morgan fingerprint density at radius 2 is 1.85 bits per heavy atom. The molecular formula is C20H20Cl2N2O2. The van der Waals surface area contributed by atoms with E-state index in [1.807, 2.05) is 36.4 Å². The third-order valence-corrected chi connectivity index (χ3v) is 5.30. The summed E-state index contributed by atoms with van der Waals surface area (Å²) in [6.45, 7) is 1.43. The van der Waals surface area contributed by atoms with E-state index in [4.69, 9.17) is 23.2 Å². The minimum Gasteiger partial charge on any atom is -0.341 e. The summed E-state index contributed by atoms with van der Waals surface area (Å²) in [6.07, 6.45) is 0.261. The van der Waals surface area contributed by atoms with Crippen LogP contribution in [0.3, 0.4) is 0 Å². The van der Waals surface area contributed by atoms with Gasteiger partial charge in [0.2, 0.25) is 11.8 Å². The molecule has 1 unspecified atom stereocenters. The summed E-state index contributed by atoms with van der Waals surface area (Å²) in [7, 11) is 1.75. The number of halogens is 2. The maximum absolute atomic E-state index is 12.7. The maximum atomic E-state index is 12.7. The van der Waals surface area contributed by atoms with Crippen molar-refractivity contribution in [3.05, 3.63) is 69.7 Å². The largest absolute Gasteiger partial charge is 0.341 e. The molecule has 4 nitrogen and oxygen atoms in total. The molecule has 1 atom stereocenters. The summed E-state index contributed by atoms with van der Waals surface area (Å²) in [5, 5.41) is 0.956. The number of nitrogens with zero attached hydrogens (tertiary/aromatic N) is 2. The molecule has 0 bridgehead atoms. The van der Waals surface area contributed by atoms with Crippen molar-refractivity contribution in [3.8, 4) is 0 Å². The Kier molecular flexibility index (Phi) is 5.84. The van der Waals surface area contributed by atoms with E-state index in [9.17, 15) is 9.59 Å². The molecule has 0 spiro atoms. The minimum absolute atomic E-state index is 0.0233. The van der Waals surface area contributed by atoms with Crippen molar-refractivity contribution in [1.82, 2.24) is 9.80 Å². The summed E-state index contributed by atoms with van der Waals surface area (Å²) in [5.41, 5.74) is 1.97. The van der Waals surface area contributed by atoms with Crippen LogP contribution in [0.5, 0.6) is 0 Å². The van der Waals surface area contributed by atoms with Crippen LogP contribution >= 0.6 is 23.2 Å². The molecule has 0 saturated carbocycles. The van der Waals surface area contributed by atoms with Crippen LogP contribution in [-0.4, -0.2) is 35.2 Å². The first kappa shape index (κ1) is 18.7. The molecule has 2 aromatic rings. The SMILES string of the molecule is CN(Cc1ccc(Cl)c(Cl)c1)C(=O)C1CC(=O)N(Cc2ccccc2)C1. The molecule has 0 N–H and O–H groups in total. The average molecular weight is 391 g/mol. The Labute approximate surface area is 163 Å². The Morgan fingerprint density at radius 3 is 2.54 bits per heavy atom. The molecule has 1 aliphatic heterocycles. The highest BCUT2D eigenvalue weighted by atomic mass is 35.5. The van der Waals surface area contributed by atoms with Crippen LogP contribution in [-0.2, 0) is 22.7 Å². The van der Waals surface area contributed by atoms with Gasteiger partial charge in [-0.05, 0) is 23.3 Å². The zero-order valence-electron chi connectivity index (χ0n) is 14.5. The second kappa shape index (κ2) is 8.11. The van der Waals surface area contributed by atoms with E-state index in [0.29, 0.717) is 29.7 Å². The van der Waals surface area contributed by atoms with Gasteiger partial charge in [-0.2, -0.15) is 0 Å². The molecular weight excluding hydrogens is 371 g/mol. The number of carbonyl (C=O) groups excluding carboxylic acids is 2. The van der Waals surface area contributed by atoms with Gasteiger partial charge >= 0.3 is 0 Å². The fourth-order valence-electron chi connectivity index (χ4n) is 3.20. The normalized spacial score (nSPS) is 16.8. The lowest BCUT2D eigenvalue weighted by atomic mass is 10.1. The van der Waals surface area contributed by atoms with Crippen molar-refractivity contribution in [3.63, 3.8) is 0 Å². The molecule has 1 saturated heterocycles. The molecule has 0 aliphatic carbocycles. The maximum Gasteiger partial charge on any atom is 0.228 e. The Bertz CT molecular complexity index is 811. The molecule has 26 heavy (non-hydrogen) atoms. The van der Waals surface area contributed by atoms with Crippen LogP contribution < -0.4 is 0 Å². The quantitative estimate of drug-likeness (QED) is 0.773. The van der Waals surface area contributed by atoms with Crippen LogP contribution in [0.4, 0.5) is 0 Å². The van der Waals surface area contributed by atoms with Crippen LogP contribution in [0.15, 0.2) is 48.5 Å². The van der Waals surface area contributed by atoms with Gasteiger partial charge in [-0.1, -0.05) is 59.6 Å². The fraction of sp³-hybridized carbons (Fsp3) is 0.300. The molecule has 2 aromatic carbocycles. The number of hydrogen-bond donors (Lipinski definition) is 0. The minimum atomic E-state index is -0.306. The number of rotatable bonds is 5. The molecule has 0 aromatic heterocycles. The number of likely N-dealkylation sites (tertiary alicyclic amines) is 1. The van der Waals surface area contributed by atoms with Gasteiger partial charge in [0.05, 0.1) is 16.0 Å². The van der Waals surface area contributed by atoms with E-state index in [0.717, 1.165) is 11.1 Å². The number of hydrogen-bond acceptors (Lipinski definition) is 2. The number of carbonyl (C=O) groups is 2. The summed E-state index contributed by atoms with van der Waals surface area (Å²) in [4.78, 5) is 28.4. The lowest BCUT2D eigenvalue weighted by Gasteiger charge is -2.22. The first-order valence-corrected chi connectivity index (χ1v) is 9.20. The second-order valence-electron chi connectivity index (χ2n) is 6.60. The third-order valence-electron chi connectivity index (χ3n) is 4.56. The molecule has 2 amide bonds. The Hall–Kier alpha value is -2.04.